The molecule has 0 fully saturated rings. The van der Waals surface area contributed by atoms with E-state index in [1.807, 2.05) is 6.07 Å². The van der Waals surface area contributed by atoms with Gasteiger partial charge in [0.1, 0.15) is 28.4 Å². The van der Waals surface area contributed by atoms with Crippen LogP contribution in [0.3, 0.4) is 0 Å². The molecule has 12 nitrogen and oxygen atoms in total. The molecule has 0 aliphatic rings. The number of benzene rings is 4. The number of methoxy groups -OCH3 is 2. The Morgan fingerprint density at radius 1 is 0.762 bits per heavy atom. The molecule has 4 rings (SSSR count). The molecule has 1 unspecified atom stereocenters. The molecule has 0 amide bonds. The summed E-state index contributed by atoms with van der Waals surface area (Å²) >= 11 is 0. The van der Waals surface area contributed by atoms with Crippen molar-refractivity contribution in [2.75, 3.05) is 14.2 Å². The fraction of sp³-hybridized carbons (Fsp3) is 0.103. The minimum Gasteiger partial charge on any atom is -0.507 e. The number of aromatic hydroxyl groups is 1. The van der Waals surface area contributed by atoms with Gasteiger partial charge in [0.15, 0.2) is 6.10 Å². The van der Waals surface area contributed by atoms with Crippen molar-refractivity contribution in [2.45, 2.75) is 6.10 Å². The molecule has 0 bridgehead atoms. The number of ether oxygens (including phenoxy) is 3. The molecular formula is C29H23FN2O10. The molecule has 0 aliphatic heterocycles. The average molecular weight is 579 g/mol. The maximum atomic E-state index is 14.5. The molecule has 0 radical (unpaired) electrons. The number of hydrogen-bond acceptors (Lipinski definition) is 10. The van der Waals surface area contributed by atoms with E-state index in [9.17, 15) is 39.3 Å². The number of phenols is 1. The Morgan fingerprint density at radius 2 is 1.29 bits per heavy atom. The number of nitro groups is 2. The minimum atomic E-state index is -0.868. The lowest BCUT2D eigenvalue weighted by molar-refractivity contribution is -0.385. The summed E-state index contributed by atoms with van der Waals surface area (Å²) in [5.74, 6) is -2.37. The van der Waals surface area contributed by atoms with Crippen molar-refractivity contribution in [2.24, 2.45) is 0 Å². The summed E-state index contributed by atoms with van der Waals surface area (Å²) in [6.45, 7) is 0. The van der Waals surface area contributed by atoms with Crippen molar-refractivity contribution in [3.63, 3.8) is 0 Å². The lowest BCUT2D eigenvalue weighted by atomic mass is 10.0. The van der Waals surface area contributed by atoms with Crippen LogP contribution in [0, 0.1) is 26.0 Å². The topological polar surface area (TPSA) is 168 Å². The highest BCUT2D eigenvalue weighted by molar-refractivity contribution is 5.93. The van der Waals surface area contributed by atoms with E-state index in [-0.39, 0.29) is 39.6 Å². The highest BCUT2D eigenvalue weighted by Crippen LogP contribution is 2.33. The van der Waals surface area contributed by atoms with Gasteiger partial charge in [0.2, 0.25) is 0 Å². The summed E-state index contributed by atoms with van der Waals surface area (Å²) in [5, 5.41) is 30.6. The van der Waals surface area contributed by atoms with Crippen molar-refractivity contribution in [3.05, 3.63) is 139 Å². The number of esters is 2. The van der Waals surface area contributed by atoms with Crippen LogP contribution in [0.4, 0.5) is 15.8 Å². The zero-order valence-electron chi connectivity index (χ0n) is 22.1. The van der Waals surface area contributed by atoms with E-state index in [1.54, 1.807) is 42.5 Å². The Balaban J connectivity index is 0.000000291. The number of hydrogen-bond donors (Lipinski definition) is 1. The van der Waals surface area contributed by atoms with Crippen LogP contribution in [-0.2, 0) is 9.47 Å². The number of non-ortho nitro benzene ring substituents is 2. The van der Waals surface area contributed by atoms with Crippen molar-refractivity contribution >= 4 is 23.3 Å². The van der Waals surface area contributed by atoms with E-state index >= 15 is 0 Å². The first kappa shape index (κ1) is 30.7. The summed E-state index contributed by atoms with van der Waals surface area (Å²) in [4.78, 5) is 43.2. The summed E-state index contributed by atoms with van der Waals surface area (Å²) < 4.78 is 29.5. The van der Waals surface area contributed by atoms with Gasteiger partial charge in [-0.05, 0) is 23.8 Å². The largest absolute Gasteiger partial charge is 0.507 e. The first-order chi connectivity index (χ1) is 20.1. The number of nitro benzene ring substituents is 2. The Morgan fingerprint density at radius 3 is 1.86 bits per heavy atom. The monoisotopic (exact) mass is 578 g/mol. The third kappa shape index (κ3) is 7.41. The van der Waals surface area contributed by atoms with Crippen LogP contribution in [-0.4, -0.2) is 41.1 Å². The quantitative estimate of drug-likeness (QED) is 0.154. The zero-order valence-corrected chi connectivity index (χ0v) is 22.1. The van der Waals surface area contributed by atoms with Crippen LogP contribution >= 0.6 is 0 Å². The van der Waals surface area contributed by atoms with Crippen molar-refractivity contribution in [3.8, 4) is 11.5 Å². The first-order valence-electron chi connectivity index (χ1n) is 12.0. The number of carbonyl (C=O) groups excluding carboxylic acids is 2. The molecule has 42 heavy (non-hydrogen) atoms. The van der Waals surface area contributed by atoms with Gasteiger partial charge in [-0.25, -0.2) is 14.0 Å². The van der Waals surface area contributed by atoms with E-state index in [4.69, 9.17) is 9.47 Å². The Kier molecular flexibility index (Phi) is 10.2. The third-order valence-electron chi connectivity index (χ3n) is 5.71. The average Bonchev–Trinajstić information content (AvgIpc) is 3.00. The van der Waals surface area contributed by atoms with Gasteiger partial charge in [-0.2, -0.15) is 0 Å². The number of rotatable bonds is 8. The van der Waals surface area contributed by atoms with Crippen LogP contribution in [0.5, 0.6) is 11.5 Å². The fourth-order valence-electron chi connectivity index (χ4n) is 3.67. The fourth-order valence-corrected chi connectivity index (χ4v) is 3.67. The summed E-state index contributed by atoms with van der Waals surface area (Å²) in [7, 11) is 2.29. The summed E-state index contributed by atoms with van der Waals surface area (Å²) in [6, 6.07) is 21.8. The molecular weight excluding hydrogens is 555 g/mol. The van der Waals surface area contributed by atoms with Crippen molar-refractivity contribution in [1.82, 2.24) is 0 Å². The molecule has 216 valence electrons. The highest BCUT2D eigenvalue weighted by Gasteiger charge is 2.25. The predicted molar refractivity (Wildman–Crippen MR) is 146 cm³/mol. The molecule has 0 spiro atoms. The van der Waals surface area contributed by atoms with E-state index in [1.165, 1.54) is 18.2 Å². The van der Waals surface area contributed by atoms with E-state index in [0.29, 0.717) is 5.56 Å². The lowest BCUT2D eigenvalue weighted by Crippen LogP contribution is -2.14. The first-order valence-corrected chi connectivity index (χ1v) is 12.0. The third-order valence-corrected chi connectivity index (χ3v) is 5.71. The highest BCUT2D eigenvalue weighted by atomic mass is 19.1. The Hall–Kier alpha value is -5.85. The smallest absolute Gasteiger partial charge is 0.341 e. The second-order valence-electron chi connectivity index (χ2n) is 8.31. The summed E-state index contributed by atoms with van der Waals surface area (Å²) in [6.07, 6.45) is -0.868. The Labute approximate surface area is 237 Å². The van der Waals surface area contributed by atoms with Gasteiger partial charge in [-0.15, -0.1) is 0 Å². The van der Waals surface area contributed by atoms with Gasteiger partial charge < -0.3 is 19.3 Å². The van der Waals surface area contributed by atoms with Gasteiger partial charge in [0.05, 0.1) is 24.1 Å². The van der Waals surface area contributed by atoms with Crippen molar-refractivity contribution in [1.29, 1.82) is 0 Å². The standard InChI is InChI=1S/C21H16FNO5.C8H7NO5/c1-27-21(24)17-13-15(23(25)26)11-12-19(17)28-20(14-7-3-2-4-8-14)16-9-5-6-10-18(16)22;1-14-8(11)6-4-5(9(12)13)2-3-7(6)10/h2-13,20H,1H3;2-4,10H,1H3. The maximum Gasteiger partial charge on any atom is 0.341 e. The minimum absolute atomic E-state index is 0.0505. The van der Waals surface area contributed by atoms with Crippen LogP contribution < -0.4 is 4.74 Å². The molecule has 0 saturated carbocycles. The normalized spacial score (nSPS) is 10.8. The zero-order chi connectivity index (χ0) is 30.8. The number of phenolic OH excluding ortho intramolecular Hbond substituents is 1. The van der Waals surface area contributed by atoms with E-state index in [2.05, 4.69) is 4.74 Å². The van der Waals surface area contributed by atoms with Crippen LogP contribution in [0.15, 0.2) is 91.0 Å². The summed E-state index contributed by atoms with van der Waals surface area (Å²) in [5.41, 5.74) is 0.0263. The SMILES string of the molecule is COC(=O)c1cc([N+](=O)[O-])ccc1O.COC(=O)c1cc([N+](=O)[O-])ccc1OC(c1ccccc1)c1ccccc1F. The molecule has 1 N–H and O–H groups in total. The van der Waals surface area contributed by atoms with Gasteiger partial charge in [0, 0.05) is 29.8 Å². The molecule has 0 aromatic heterocycles. The van der Waals surface area contributed by atoms with Gasteiger partial charge in [-0.3, -0.25) is 20.2 Å². The second kappa shape index (κ2) is 14.0. The predicted octanol–water partition coefficient (Wildman–Crippen LogP) is 5.78. The van der Waals surface area contributed by atoms with E-state index in [0.717, 1.165) is 38.5 Å². The molecule has 0 aliphatic carbocycles. The van der Waals surface area contributed by atoms with Gasteiger partial charge >= 0.3 is 11.9 Å². The lowest BCUT2D eigenvalue weighted by Gasteiger charge is -2.22. The molecule has 4 aromatic rings. The van der Waals surface area contributed by atoms with Gasteiger partial charge in [-0.1, -0.05) is 48.5 Å². The van der Waals surface area contributed by atoms with Gasteiger partial charge in [0.25, 0.3) is 11.4 Å². The van der Waals surface area contributed by atoms with Crippen LogP contribution in [0.1, 0.15) is 37.9 Å². The van der Waals surface area contributed by atoms with Crippen molar-refractivity contribution < 1.29 is 43.1 Å². The molecule has 4 aromatic carbocycles. The number of carbonyl (C=O) groups is 2. The van der Waals surface area contributed by atoms with Crippen LogP contribution in [0.2, 0.25) is 0 Å². The maximum absolute atomic E-state index is 14.5. The molecule has 0 saturated heterocycles. The molecule has 13 heteroatoms. The van der Waals surface area contributed by atoms with Crippen LogP contribution in [0.25, 0.3) is 0 Å². The van der Waals surface area contributed by atoms with E-state index < -0.39 is 33.7 Å². The number of halogens is 1. The number of nitrogens with zero attached hydrogens (tertiary/aromatic N) is 2. The second-order valence-corrected chi connectivity index (χ2v) is 8.31. The molecule has 1 atom stereocenters. The molecule has 0 heterocycles. The Bertz CT molecular complexity index is 1610.